The van der Waals surface area contributed by atoms with Crippen LogP contribution in [0.4, 0.5) is 0 Å². The Kier molecular flexibility index (Phi) is 2.78. The molecule has 0 saturated heterocycles. The van der Waals surface area contributed by atoms with Gasteiger partial charge in [-0.25, -0.2) is 0 Å². The molecule has 0 aliphatic rings. The molecule has 0 spiro atoms. The van der Waals surface area contributed by atoms with Crippen molar-refractivity contribution in [3.8, 4) is 5.69 Å². The van der Waals surface area contributed by atoms with Gasteiger partial charge in [-0.15, -0.1) is 11.3 Å². The Bertz CT molecular complexity index is 539. The topological polar surface area (TPSA) is 34.4 Å². The third-order valence-corrected chi connectivity index (χ3v) is 2.90. The fourth-order valence-electron chi connectivity index (χ4n) is 1.43. The minimum absolute atomic E-state index is 0.570. The van der Waals surface area contributed by atoms with E-state index in [9.17, 15) is 4.79 Å². The maximum Gasteiger partial charge on any atom is 0.235 e. The maximum atomic E-state index is 10.4. The van der Waals surface area contributed by atoms with Crippen molar-refractivity contribution in [2.24, 2.45) is 4.99 Å². The fourth-order valence-corrected chi connectivity index (χ4v) is 2.11. The quantitative estimate of drug-likeness (QED) is 0.709. The predicted octanol–water partition coefficient (Wildman–Crippen LogP) is 1.90. The number of thiazole rings is 1. The fraction of sp³-hybridized carbons (Fsp3) is 0.0909. The van der Waals surface area contributed by atoms with Gasteiger partial charge in [-0.3, -0.25) is 9.36 Å². The van der Waals surface area contributed by atoms with Crippen molar-refractivity contribution in [1.82, 2.24) is 4.57 Å². The molecule has 4 heteroatoms. The van der Waals surface area contributed by atoms with Crippen LogP contribution in [0.5, 0.6) is 0 Å². The Labute approximate surface area is 91.3 Å². The van der Waals surface area contributed by atoms with Crippen LogP contribution in [-0.4, -0.2) is 11.0 Å². The van der Waals surface area contributed by atoms with Crippen molar-refractivity contribution in [2.45, 2.75) is 6.92 Å². The van der Waals surface area contributed by atoms with Gasteiger partial charge in [0.15, 0.2) is 4.80 Å². The SMILES string of the molecule is Cc1ccccc1-n1ccsc1=NC=O. The zero-order valence-electron chi connectivity index (χ0n) is 8.25. The molecule has 0 radical (unpaired) electrons. The van der Waals surface area contributed by atoms with Crippen LogP contribution in [0.1, 0.15) is 5.56 Å². The summed E-state index contributed by atoms with van der Waals surface area (Å²) in [7, 11) is 0. The second-order valence-corrected chi connectivity index (χ2v) is 3.95. The molecule has 2 aromatic rings. The van der Waals surface area contributed by atoms with E-state index >= 15 is 0 Å². The molecule has 0 aliphatic carbocycles. The Balaban J connectivity index is 2.65. The predicted molar refractivity (Wildman–Crippen MR) is 60.0 cm³/mol. The first-order valence-corrected chi connectivity index (χ1v) is 5.40. The van der Waals surface area contributed by atoms with Gasteiger partial charge in [-0.1, -0.05) is 18.2 Å². The highest BCUT2D eigenvalue weighted by atomic mass is 32.1. The highest BCUT2D eigenvalue weighted by Gasteiger charge is 2.00. The van der Waals surface area contributed by atoms with E-state index in [1.54, 1.807) is 0 Å². The number of carbonyl (C=O) groups excluding carboxylic acids is 1. The van der Waals surface area contributed by atoms with Crippen molar-refractivity contribution in [3.05, 3.63) is 46.2 Å². The number of para-hydroxylation sites is 1. The van der Waals surface area contributed by atoms with E-state index < -0.39 is 0 Å². The van der Waals surface area contributed by atoms with Crippen molar-refractivity contribution in [2.75, 3.05) is 0 Å². The van der Waals surface area contributed by atoms with Crippen LogP contribution in [0.2, 0.25) is 0 Å². The first kappa shape index (κ1) is 9.86. The average molecular weight is 218 g/mol. The lowest BCUT2D eigenvalue weighted by molar-refractivity contribution is -0.107. The summed E-state index contributed by atoms with van der Waals surface area (Å²) in [6.07, 6.45) is 2.48. The molecule has 1 heterocycles. The third kappa shape index (κ3) is 1.89. The number of nitrogens with zero attached hydrogens (tertiary/aromatic N) is 2. The van der Waals surface area contributed by atoms with Gasteiger partial charge in [0.1, 0.15) is 0 Å². The lowest BCUT2D eigenvalue weighted by Gasteiger charge is -2.05. The molecule has 1 amide bonds. The van der Waals surface area contributed by atoms with Gasteiger partial charge in [0.05, 0.1) is 5.69 Å². The molecule has 0 unspecified atom stereocenters. The first-order chi connectivity index (χ1) is 7.33. The molecule has 15 heavy (non-hydrogen) atoms. The van der Waals surface area contributed by atoms with Crippen molar-refractivity contribution in [3.63, 3.8) is 0 Å². The van der Waals surface area contributed by atoms with E-state index in [4.69, 9.17) is 0 Å². The Morgan fingerprint density at radius 1 is 1.40 bits per heavy atom. The standard InChI is InChI=1S/C11H10N2OS/c1-9-4-2-3-5-10(9)13-6-7-15-11(13)12-8-14/h2-8H,1H3. The van der Waals surface area contributed by atoms with Crippen LogP contribution in [-0.2, 0) is 4.79 Å². The molecular formula is C11H10N2OS. The molecular weight excluding hydrogens is 208 g/mol. The molecule has 0 atom stereocenters. The number of rotatable bonds is 2. The van der Waals surface area contributed by atoms with Crippen LogP contribution < -0.4 is 4.80 Å². The highest BCUT2D eigenvalue weighted by Crippen LogP contribution is 2.11. The summed E-state index contributed by atoms with van der Waals surface area (Å²) < 4.78 is 1.91. The van der Waals surface area contributed by atoms with E-state index in [1.807, 2.05) is 47.3 Å². The molecule has 76 valence electrons. The number of aryl methyl sites for hydroxylation is 1. The normalized spacial score (nSPS) is 11.7. The summed E-state index contributed by atoms with van der Waals surface area (Å²) in [4.78, 5) is 14.8. The summed E-state index contributed by atoms with van der Waals surface area (Å²) >= 11 is 1.44. The number of amides is 1. The minimum atomic E-state index is 0.570. The zero-order valence-corrected chi connectivity index (χ0v) is 9.07. The second kappa shape index (κ2) is 4.23. The smallest absolute Gasteiger partial charge is 0.235 e. The van der Waals surface area contributed by atoms with E-state index in [0.29, 0.717) is 11.2 Å². The van der Waals surface area contributed by atoms with Crippen LogP contribution >= 0.6 is 11.3 Å². The van der Waals surface area contributed by atoms with Gasteiger partial charge in [-0.2, -0.15) is 4.99 Å². The van der Waals surface area contributed by atoms with Crippen LogP contribution in [0.3, 0.4) is 0 Å². The summed E-state index contributed by atoms with van der Waals surface area (Å²) in [5.74, 6) is 0. The van der Waals surface area contributed by atoms with Crippen molar-refractivity contribution in [1.29, 1.82) is 0 Å². The van der Waals surface area contributed by atoms with E-state index in [2.05, 4.69) is 4.99 Å². The van der Waals surface area contributed by atoms with E-state index in [1.165, 1.54) is 11.3 Å². The molecule has 0 aliphatic heterocycles. The monoisotopic (exact) mass is 218 g/mol. The molecule has 0 fully saturated rings. The van der Waals surface area contributed by atoms with Gasteiger partial charge < -0.3 is 0 Å². The Morgan fingerprint density at radius 3 is 2.93 bits per heavy atom. The summed E-state index contributed by atoms with van der Waals surface area (Å²) in [5, 5.41) is 1.91. The maximum absolute atomic E-state index is 10.4. The van der Waals surface area contributed by atoms with Crippen LogP contribution in [0.15, 0.2) is 40.8 Å². The minimum Gasteiger partial charge on any atom is -0.292 e. The molecule has 1 aromatic carbocycles. The lowest BCUT2D eigenvalue weighted by atomic mass is 10.2. The average Bonchev–Trinajstić information content (AvgIpc) is 2.67. The summed E-state index contributed by atoms with van der Waals surface area (Å²) in [6, 6.07) is 8.00. The molecule has 3 nitrogen and oxygen atoms in total. The van der Waals surface area contributed by atoms with Gasteiger partial charge in [0.2, 0.25) is 6.41 Å². The van der Waals surface area contributed by atoms with Gasteiger partial charge in [0, 0.05) is 11.6 Å². The highest BCUT2D eigenvalue weighted by molar-refractivity contribution is 7.07. The number of hydrogen-bond acceptors (Lipinski definition) is 2. The van der Waals surface area contributed by atoms with Gasteiger partial charge >= 0.3 is 0 Å². The first-order valence-electron chi connectivity index (χ1n) is 4.52. The number of benzene rings is 1. The van der Waals surface area contributed by atoms with Crippen LogP contribution in [0.25, 0.3) is 5.69 Å². The Morgan fingerprint density at radius 2 is 2.20 bits per heavy atom. The number of aromatic nitrogens is 1. The largest absolute Gasteiger partial charge is 0.292 e. The summed E-state index contributed by atoms with van der Waals surface area (Å²) in [5.41, 5.74) is 2.21. The van der Waals surface area contributed by atoms with Crippen molar-refractivity contribution >= 4 is 17.7 Å². The third-order valence-electron chi connectivity index (χ3n) is 2.13. The van der Waals surface area contributed by atoms with Gasteiger partial charge in [-0.05, 0) is 18.6 Å². The van der Waals surface area contributed by atoms with Crippen molar-refractivity contribution < 1.29 is 4.79 Å². The second-order valence-electron chi connectivity index (χ2n) is 3.08. The van der Waals surface area contributed by atoms with E-state index in [0.717, 1.165) is 11.3 Å². The molecule has 1 aromatic heterocycles. The molecule has 0 bridgehead atoms. The number of carbonyl (C=O) groups is 1. The molecule has 0 saturated carbocycles. The van der Waals surface area contributed by atoms with Crippen LogP contribution in [0, 0.1) is 6.92 Å². The van der Waals surface area contributed by atoms with E-state index in [-0.39, 0.29) is 0 Å². The molecule has 2 rings (SSSR count). The Hall–Kier alpha value is -1.68. The lowest BCUT2D eigenvalue weighted by Crippen LogP contribution is -2.12. The molecule has 0 N–H and O–H groups in total. The number of hydrogen-bond donors (Lipinski definition) is 0. The zero-order chi connectivity index (χ0) is 10.7. The van der Waals surface area contributed by atoms with Gasteiger partial charge in [0.25, 0.3) is 0 Å². The summed E-state index contributed by atoms with van der Waals surface area (Å²) in [6.45, 7) is 2.03.